The number of ether oxygens (including phenoxy) is 1. The van der Waals surface area contributed by atoms with Gasteiger partial charge < -0.3 is 4.74 Å². The molecule has 0 spiro atoms. The predicted molar refractivity (Wildman–Crippen MR) is 108 cm³/mol. The van der Waals surface area contributed by atoms with Crippen molar-refractivity contribution in [3.05, 3.63) is 0 Å². The second-order valence-electron chi connectivity index (χ2n) is 10.9. The standard InChI is InChI=1S/C23H44O2/c1-10-15-22(7,8)18-11-13-19(14-12-18)25-20(24)23(9,17(2)3)16-21(4,5)6/h17-19H,10-16H2,1-9H3. The molecule has 1 rings (SSSR count). The van der Waals surface area contributed by atoms with Crippen molar-refractivity contribution >= 4 is 5.97 Å². The molecular weight excluding hydrogens is 308 g/mol. The molecule has 0 aromatic rings. The third-order valence-corrected chi connectivity index (χ3v) is 6.59. The van der Waals surface area contributed by atoms with Crippen LogP contribution >= 0.6 is 0 Å². The fourth-order valence-corrected chi connectivity index (χ4v) is 4.71. The fourth-order valence-electron chi connectivity index (χ4n) is 4.71. The third kappa shape index (κ3) is 6.29. The molecule has 0 aromatic carbocycles. The molecule has 0 saturated heterocycles. The molecule has 0 aromatic heterocycles. The van der Waals surface area contributed by atoms with Gasteiger partial charge in [0.1, 0.15) is 6.10 Å². The smallest absolute Gasteiger partial charge is 0.312 e. The fraction of sp³-hybridized carbons (Fsp3) is 0.957. The van der Waals surface area contributed by atoms with Crippen molar-refractivity contribution in [1.82, 2.24) is 0 Å². The number of esters is 1. The lowest BCUT2D eigenvalue weighted by molar-refractivity contribution is -0.168. The summed E-state index contributed by atoms with van der Waals surface area (Å²) in [5, 5.41) is 0. The van der Waals surface area contributed by atoms with Gasteiger partial charge in [0.15, 0.2) is 0 Å². The normalized spacial score (nSPS) is 24.9. The van der Waals surface area contributed by atoms with Crippen LogP contribution in [0.25, 0.3) is 0 Å². The molecule has 1 aliphatic rings. The maximum Gasteiger partial charge on any atom is 0.312 e. The van der Waals surface area contributed by atoms with Gasteiger partial charge in [-0.2, -0.15) is 0 Å². The van der Waals surface area contributed by atoms with Crippen LogP contribution in [0.15, 0.2) is 0 Å². The molecule has 0 N–H and O–H groups in total. The maximum atomic E-state index is 13.0. The summed E-state index contributed by atoms with van der Waals surface area (Å²) in [4.78, 5) is 13.0. The number of carbonyl (C=O) groups is 1. The van der Waals surface area contributed by atoms with E-state index in [-0.39, 0.29) is 17.5 Å². The molecular formula is C23H44O2. The summed E-state index contributed by atoms with van der Waals surface area (Å²) >= 11 is 0. The first-order valence-corrected chi connectivity index (χ1v) is 10.5. The van der Waals surface area contributed by atoms with E-state index >= 15 is 0 Å². The molecule has 148 valence electrons. The monoisotopic (exact) mass is 352 g/mol. The van der Waals surface area contributed by atoms with Gasteiger partial charge in [-0.05, 0) is 68.1 Å². The minimum Gasteiger partial charge on any atom is -0.462 e. The molecule has 1 atom stereocenters. The first-order chi connectivity index (χ1) is 11.3. The Morgan fingerprint density at radius 3 is 1.92 bits per heavy atom. The van der Waals surface area contributed by atoms with Crippen LogP contribution in [0.1, 0.15) is 107 Å². The molecule has 1 saturated carbocycles. The summed E-state index contributed by atoms with van der Waals surface area (Å²) in [5.74, 6) is 1.08. The van der Waals surface area contributed by atoms with E-state index in [1.54, 1.807) is 0 Å². The van der Waals surface area contributed by atoms with E-state index in [2.05, 4.69) is 62.3 Å². The van der Waals surface area contributed by atoms with Gasteiger partial charge in [-0.3, -0.25) is 4.79 Å². The molecule has 25 heavy (non-hydrogen) atoms. The molecule has 1 unspecified atom stereocenters. The summed E-state index contributed by atoms with van der Waals surface area (Å²) in [6, 6.07) is 0. The molecule has 0 heterocycles. The molecule has 1 fully saturated rings. The second-order valence-corrected chi connectivity index (χ2v) is 10.9. The Morgan fingerprint density at radius 1 is 1.00 bits per heavy atom. The lowest BCUT2D eigenvalue weighted by atomic mass is 9.68. The van der Waals surface area contributed by atoms with Gasteiger partial charge in [0.25, 0.3) is 0 Å². The summed E-state index contributed by atoms with van der Waals surface area (Å²) in [6.07, 6.45) is 8.00. The van der Waals surface area contributed by atoms with Gasteiger partial charge in [0.05, 0.1) is 5.41 Å². The van der Waals surface area contributed by atoms with Crippen molar-refractivity contribution in [2.45, 2.75) is 113 Å². The molecule has 0 bridgehead atoms. The van der Waals surface area contributed by atoms with E-state index in [0.717, 1.165) is 25.2 Å². The van der Waals surface area contributed by atoms with Crippen molar-refractivity contribution in [2.24, 2.45) is 28.1 Å². The summed E-state index contributed by atoms with van der Waals surface area (Å²) < 4.78 is 6.05. The first-order valence-electron chi connectivity index (χ1n) is 10.5. The minimum atomic E-state index is -0.392. The minimum absolute atomic E-state index is 0.0219. The molecule has 1 aliphatic carbocycles. The van der Waals surface area contributed by atoms with Crippen LogP contribution in [0.5, 0.6) is 0 Å². The van der Waals surface area contributed by atoms with Gasteiger partial charge in [0.2, 0.25) is 0 Å². The Bertz CT molecular complexity index is 422. The van der Waals surface area contributed by atoms with Gasteiger partial charge >= 0.3 is 5.97 Å². The van der Waals surface area contributed by atoms with Crippen molar-refractivity contribution in [3.8, 4) is 0 Å². The quantitative estimate of drug-likeness (QED) is 0.460. The molecule has 0 amide bonds. The Hall–Kier alpha value is -0.530. The Morgan fingerprint density at radius 2 is 1.52 bits per heavy atom. The summed E-state index contributed by atoms with van der Waals surface area (Å²) in [6.45, 7) is 20.1. The highest BCUT2D eigenvalue weighted by atomic mass is 16.5. The van der Waals surface area contributed by atoms with Gasteiger partial charge in [-0.25, -0.2) is 0 Å². The zero-order valence-electron chi connectivity index (χ0n) is 18.5. The molecule has 0 aliphatic heterocycles. The van der Waals surface area contributed by atoms with Crippen molar-refractivity contribution in [3.63, 3.8) is 0 Å². The Kier molecular flexibility index (Phi) is 7.60. The van der Waals surface area contributed by atoms with E-state index in [0.29, 0.717) is 11.3 Å². The zero-order valence-corrected chi connectivity index (χ0v) is 18.5. The van der Waals surface area contributed by atoms with E-state index in [1.165, 1.54) is 25.7 Å². The van der Waals surface area contributed by atoms with Crippen LogP contribution in [0.3, 0.4) is 0 Å². The van der Waals surface area contributed by atoms with Crippen LogP contribution in [-0.4, -0.2) is 12.1 Å². The average molecular weight is 353 g/mol. The Balaban J connectivity index is 2.66. The largest absolute Gasteiger partial charge is 0.462 e. The number of rotatable bonds is 7. The lowest BCUT2D eigenvalue weighted by Crippen LogP contribution is -2.41. The zero-order chi connectivity index (χ0) is 19.5. The molecule has 0 radical (unpaired) electrons. The van der Waals surface area contributed by atoms with Crippen molar-refractivity contribution < 1.29 is 9.53 Å². The van der Waals surface area contributed by atoms with E-state index in [1.807, 2.05) is 0 Å². The highest BCUT2D eigenvalue weighted by molar-refractivity contribution is 5.77. The van der Waals surface area contributed by atoms with Gasteiger partial charge in [0, 0.05) is 0 Å². The first kappa shape index (κ1) is 22.5. The van der Waals surface area contributed by atoms with Crippen LogP contribution in [0, 0.1) is 28.1 Å². The van der Waals surface area contributed by atoms with Gasteiger partial charge in [-0.15, -0.1) is 0 Å². The second kappa shape index (κ2) is 8.44. The third-order valence-electron chi connectivity index (χ3n) is 6.59. The number of hydrogen-bond acceptors (Lipinski definition) is 2. The van der Waals surface area contributed by atoms with Gasteiger partial charge in [-0.1, -0.05) is 61.8 Å². The van der Waals surface area contributed by atoms with Crippen LogP contribution in [0.2, 0.25) is 0 Å². The van der Waals surface area contributed by atoms with E-state index < -0.39 is 5.41 Å². The van der Waals surface area contributed by atoms with E-state index in [4.69, 9.17) is 4.74 Å². The molecule has 2 nitrogen and oxygen atoms in total. The molecule has 2 heteroatoms. The summed E-state index contributed by atoms with van der Waals surface area (Å²) in [7, 11) is 0. The maximum absolute atomic E-state index is 13.0. The lowest BCUT2D eigenvalue weighted by Gasteiger charge is -2.41. The number of carbonyl (C=O) groups excluding carboxylic acids is 1. The van der Waals surface area contributed by atoms with Crippen LogP contribution in [0.4, 0.5) is 0 Å². The van der Waals surface area contributed by atoms with Crippen LogP contribution < -0.4 is 0 Å². The Labute approximate surface area is 157 Å². The topological polar surface area (TPSA) is 26.3 Å². The highest BCUT2D eigenvalue weighted by Gasteiger charge is 2.43. The van der Waals surface area contributed by atoms with Crippen LogP contribution in [-0.2, 0) is 9.53 Å². The average Bonchev–Trinajstić information content (AvgIpc) is 2.45. The van der Waals surface area contributed by atoms with Crippen molar-refractivity contribution in [2.75, 3.05) is 0 Å². The highest BCUT2D eigenvalue weighted by Crippen LogP contribution is 2.44. The predicted octanol–water partition coefficient (Wildman–Crippen LogP) is 7.01. The van der Waals surface area contributed by atoms with Crippen molar-refractivity contribution in [1.29, 1.82) is 0 Å². The number of hydrogen-bond donors (Lipinski definition) is 0. The summed E-state index contributed by atoms with van der Waals surface area (Å²) in [5.41, 5.74) is 0.152. The van der Waals surface area contributed by atoms with E-state index in [9.17, 15) is 4.79 Å². The SMILES string of the molecule is CCCC(C)(C)C1CCC(OC(=O)C(C)(CC(C)(C)C)C(C)C)CC1.